The number of carbonyl (C=O) groups is 2. The monoisotopic (exact) mass is 652 g/mol. The van der Waals surface area contributed by atoms with E-state index in [1.165, 1.54) is 6.08 Å². The van der Waals surface area contributed by atoms with Crippen LogP contribution in [0.1, 0.15) is 58.3 Å². The van der Waals surface area contributed by atoms with Crippen molar-refractivity contribution in [1.29, 1.82) is 0 Å². The van der Waals surface area contributed by atoms with E-state index in [1.807, 2.05) is 10.6 Å². The van der Waals surface area contributed by atoms with E-state index in [9.17, 15) is 49.1 Å². The Morgan fingerprint density at radius 1 is 0.952 bits per heavy atom. The van der Waals surface area contributed by atoms with Gasteiger partial charge in [-0.25, -0.2) is 4.39 Å². The number of hydrogen-bond acceptors (Lipinski definition) is 2. The number of amides is 2. The van der Waals surface area contributed by atoms with Crippen LogP contribution in [0.5, 0.6) is 0 Å². The zero-order chi connectivity index (χ0) is 32.2. The maximum atomic E-state index is 15.0. The van der Waals surface area contributed by atoms with Crippen LogP contribution in [0.2, 0.25) is 10.0 Å². The molecule has 0 spiro atoms. The van der Waals surface area contributed by atoms with E-state index < -0.39 is 83.3 Å². The number of rotatable bonds is 9. The van der Waals surface area contributed by atoms with E-state index >= 15 is 4.39 Å². The molecule has 2 rings (SSSR count). The van der Waals surface area contributed by atoms with Crippen LogP contribution >= 0.6 is 23.2 Å². The summed E-state index contributed by atoms with van der Waals surface area (Å²) >= 11 is 11.9. The van der Waals surface area contributed by atoms with E-state index in [2.05, 4.69) is 6.58 Å². The van der Waals surface area contributed by atoms with Gasteiger partial charge in [0.25, 0.3) is 5.91 Å². The Kier molecular flexibility index (Phi) is 11.1. The summed E-state index contributed by atoms with van der Waals surface area (Å²) in [5.74, 6) is -7.02. The molecule has 0 aromatic heterocycles. The van der Waals surface area contributed by atoms with E-state index in [0.717, 1.165) is 19.1 Å². The number of benzene rings is 2. The van der Waals surface area contributed by atoms with Crippen molar-refractivity contribution < 1.29 is 53.5 Å². The lowest BCUT2D eigenvalue weighted by atomic mass is 9.94. The second-order valence-corrected chi connectivity index (χ2v) is 9.59. The first-order chi connectivity index (χ1) is 19.1. The van der Waals surface area contributed by atoms with Crippen LogP contribution < -0.4 is 10.6 Å². The fourth-order valence-electron chi connectivity index (χ4n) is 3.61. The van der Waals surface area contributed by atoms with Crippen LogP contribution in [0.25, 0.3) is 11.9 Å². The lowest BCUT2D eigenvalue weighted by Gasteiger charge is -2.20. The Morgan fingerprint density at radius 3 is 2.00 bits per heavy atom. The highest BCUT2D eigenvalue weighted by atomic mass is 35.5. The summed E-state index contributed by atoms with van der Waals surface area (Å²) in [6.45, 7) is 4.48. The molecule has 0 saturated carbocycles. The Hall–Kier alpha value is -3.26. The molecule has 0 saturated heterocycles. The molecule has 4 nitrogen and oxygen atoms in total. The lowest BCUT2D eigenvalue weighted by Crippen LogP contribution is -2.46. The zero-order valence-corrected chi connectivity index (χ0v) is 22.7. The average Bonchev–Trinajstić information content (AvgIpc) is 2.83. The van der Waals surface area contributed by atoms with Gasteiger partial charge in [-0.15, -0.1) is 0 Å². The first kappa shape index (κ1) is 34.9. The maximum Gasteiger partial charge on any atom is 0.417 e. The number of hydrogen-bond donors (Lipinski definition) is 2. The van der Waals surface area contributed by atoms with Gasteiger partial charge in [0.05, 0.1) is 23.7 Å². The first-order valence-electron chi connectivity index (χ1n) is 11.6. The number of alkyl halides is 9. The molecular formula is C26H20Cl2F10N2O2. The highest BCUT2D eigenvalue weighted by Crippen LogP contribution is 2.42. The minimum Gasteiger partial charge on any atom is -0.336 e. The highest BCUT2D eigenvalue weighted by molar-refractivity contribution is 6.37. The maximum absolute atomic E-state index is 15.0. The van der Waals surface area contributed by atoms with Gasteiger partial charge in [-0.3, -0.25) is 9.59 Å². The fourth-order valence-corrected chi connectivity index (χ4v) is 4.26. The van der Waals surface area contributed by atoms with Crippen molar-refractivity contribution in [3.05, 3.63) is 80.8 Å². The number of halogens is 12. The van der Waals surface area contributed by atoms with Crippen molar-refractivity contribution in [2.24, 2.45) is 0 Å². The van der Waals surface area contributed by atoms with Gasteiger partial charge in [0, 0.05) is 27.6 Å². The number of allylic oxidation sites excluding steroid dienone is 1. The van der Waals surface area contributed by atoms with Gasteiger partial charge >= 0.3 is 18.5 Å². The molecular weight excluding hydrogens is 633 g/mol. The predicted molar refractivity (Wildman–Crippen MR) is 136 cm³/mol. The van der Waals surface area contributed by atoms with Crippen molar-refractivity contribution in [2.75, 3.05) is 0 Å². The molecule has 0 aliphatic rings. The predicted octanol–water partition coefficient (Wildman–Crippen LogP) is 8.85. The zero-order valence-electron chi connectivity index (χ0n) is 21.2. The molecule has 0 bridgehead atoms. The molecule has 0 heterocycles. The topological polar surface area (TPSA) is 58.2 Å². The molecule has 0 aliphatic carbocycles. The molecule has 2 atom stereocenters. The Labute approximate surface area is 242 Å². The number of nitrogens with one attached hydrogen (secondary N) is 2. The summed E-state index contributed by atoms with van der Waals surface area (Å²) in [4.78, 5) is 24.1. The Balaban J connectivity index is 2.41. The quantitative estimate of drug-likeness (QED) is 0.210. The largest absolute Gasteiger partial charge is 0.417 e. The van der Waals surface area contributed by atoms with E-state index in [4.69, 9.17) is 23.2 Å². The first-order valence-corrected chi connectivity index (χ1v) is 12.3. The molecule has 2 aromatic carbocycles. The summed E-state index contributed by atoms with van der Waals surface area (Å²) in [6.07, 6.45) is -17.8. The van der Waals surface area contributed by atoms with Crippen LogP contribution in [0, 0.1) is 0 Å². The molecule has 42 heavy (non-hydrogen) atoms. The fraction of sp³-hybridized carbons (Fsp3) is 0.308. The summed E-state index contributed by atoms with van der Waals surface area (Å²) in [7, 11) is 0. The lowest BCUT2D eigenvalue weighted by molar-refractivity contribution is -0.144. The summed E-state index contributed by atoms with van der Waals surface area (Å²) in [5, 5.41) is 3.41. The van der Waals surface area contributed by atoms with E-state index in [-0.39, 0.29) is 27.8 Å². The minimum atomic E-state index is -5.30. The Morgan fingerprint density at radius 2 is 1.52 bits per heavy atom. The summed E-state index contributed by atoms with van der Waals surface area (Å²) < 4.78 is 135. The minimum absolute atomic E-state index is 0.0172. The molecule has 0 radical (unpaired) electrons. The highest BCUT2D eigenvalue weighted by Gasteiger charge is 2.41. The van der Waals surface area contributed by atoms with Gasteiger partial charge in [-0.2, -0.15) is 39.5 Å². The average molecular weight is 653 g/mol. The molecule has 16 heteroatoms. The molecule has 230 valence electrons. The van der Waals surface area contributed by atoms with Gasteiger partial charge in [-0.05, 0) is 42.8 Å². The molecule has 2 unspecified atom stereocenters. The second-order valence-electron chi connectivity index (χ2n) is 8.77. The van der Waals surface area contributed by atoms with Gasteiger partial charge in [0.2, 0.25) is 5.91 Å². The normalized spacial score (nSPS) is 14.3. The molecule has 0 aliphatic heterocycles. The third-order valence-corrected chi connectivity index (χ3v) is 6.16. The van der Waals surface area contributed by atoms with Crippen molar-refractivity contribution in [3.8, 4) is 0 Å². The van der Waals surface area contributed by atoms with Crippen LogP contribution in [0.15, 0.2) is 43.0 Å². The Bertz CT molecular complexity index is 1350. The van der Waals surface area contributed by atoms with Gasteiger partial charge in [0.1, 0.15) is 11.7 Å². The van der Waals surface area contributed by atoms with Crippen LogP contribution in [0.4, 0.5) is 43.9 Å². The SMILES string of the molecule is C=Cc1c(Cl)cc(C(/C=C(\F)c2ccc(C(=O)NC(C)NC(=O)CCC(F)(F)F)c(C(F)(F)F)c2)C(F)(F)F)cc1Cl. The van der Waals surface area contributed by atoms with Gasteiger partial charge in [0.15, 0.2) is 0 Å². The van der Waals surface area contributed by atoms with E-state index in [1.54, 1.807) is 0 Å². The summed E-state index contributed by atoms with van der Waals surface area (Å²) in [5.41, 5.74) is -4.30. The van der Waals surface area contributed by atoms with Crippen LogP contribution in [-0.4, -0.2) is 30.3 Å². The van der Waals surface area contributed by atoms with Crippen molar-refractivity contribution in [3.63, 3.8) is 0 Å². The third kappa shape index (κ3) is 9.65. The standard InChI is InChI=1S/C26H20Cl2F10N2O2/c1-3-15-19(27)9-14(10-20(15)28)17(25(33,34)35)11-21(29)13-4-5-16(18(8-13)26(36,37)38)23(42)40-12(2)39-22(41)6-7-24(30,31)32/h3-5,8-12,17H,1,6-7H2,2H3,(H,39,41)(H,40,42)/b21-11-. The molecule has 2 aromatic rings. The molecule has 2 amide bonds. The molecule has 2 N–H and O–H groups in total. The van der Waals surface area contributed by atoms with Crippen LogP contribution in [-0.2, 0) is 11.0 Å². The van der Waals surface area contributed by atoms with E-state index in [0.29, 0.717) is 12.1 Å². The summed E-state index contributed by atoms with van der Waals surface area (Å²) in [6, 6.07) is 2.93. The number of carbonyl (C=O) groups excluding carboxylic acids is 2. The van der Waals surface area contributed by atoms with Gasteiger partial charge < -0.3 is 10.6 Å². The van der Waals surface area contributed by atoms with Crippen LogP contribution in [0.3, 0.4) is 0 Å². The second kappa shape index (κ2) is 13.4. The molecule has 0 fully saturated rings. The third-order valence-electron chi connectivity index (χ3n) is 5.54. The van der Waals surface area contributed by atoms with Crippen molar-refractivity contribution in [2.45, 2.75) is 50.4 Å². The van der Waals surface area contributed by atoms with Gasteiger partial charge in [-0.1, -0.05) is 41.9 Å². The van der Waals surface area contributed by atoms with Crippen molar-refractivity contribution >= 4 is 46.9 Å². The smallest absolute Gasteiger partial charge is 0.336 e. The van der Waals surface area contributed by atoms with Crippen molar-refractivity contribution in [1.82, 2.24) is 10.6 Å².